The summed E-state index contributed by atoms with van der Waals surface area (Å²) in [6, 6.07) is 9.47. The predicted molar refractivity (Wildman–Crippen MR) is 77.4 cm³/mol. The van der Waals surface area contributed by atoms with E-state index in [2.05, 4.69) is 12.3 Å². The highest BCUT2D eigenvalue weighted by Gasteiger charge is 2.21. The van der Waals surface area contributed by atoms with Crippen molar-refractivity contribution < 1.29 is 4.74 Å². The smallest absolute Gasteiger partial charge is 0.140 e. The van der Waals surface area contributed by atoms with Gasteiger partial charge in [0.15, 0.2) is 0 Å². The van der Waals surface area contributed by atoms with Crippen molar-refractivity contribution in [2.24, 2.45) is 5.73 Å². The zero-order valence-electron chi connectivity index (χ0n) is 10.2. The molecule has 0 spiro atoms. The standard InChI is InChI=1S/C14H16ClNOS/c1-2-12(16)14(10-7-8-18-9-10)17-13-6-4-3-5-11(13)15/h3-9,12,14H,2,16H2,1H3. The van der Waals surface area contributed by atoms with E-state index in [-0.39, 0.29) is 12.1 Å². The molecule has 0 aliphatic carbocycles. The average Bonchev–Trinajstić information content (AvgIpc) is 2.90. The third-order valence-electron chi connectivity index (χ3n) is 2.82. The van der Waals surface area contributed by atoms with E-state index in [4.69, 9.17) is 22.1 Å². The molecule has 0 radical (unpaired) electrons. The van der Waals surface area contributed by atoms with Crippen LogP contribution in [-0.2, 0) is 0 Å². The van der Waals surface area contributed by atoms with Crippen LogP contribution >= 0.6 is 22.9 Å². The lowest BCUT2D eigenvalue weighted by molar-refractivity contribution is 0.171. The van der Waals surface area contributed by atoms with Crippen molar-refractivity contribution in [3.8, 4) is 5.75 Å². The Bertz CT molecular complexity index is 486. The van der Waals surface area contributed by atoms with Crippen molar-refractivity contribution in [2.45, 2.75) is 25.5 Å². The molecular weight excluding hydrogens is 266 g/mol. The first-order chi connectivity index (χ1) is 8.72. The van der Waals surface area contributed by atoms with Gasteiger partial charge in [-0.3, -0.25) is 0 Å². The lowest BCUT2D eigenvalue weighted by Crippen LogP contribution is -2.31. The molecule has 0 fully saturated rings. The van der Waals surface area contributed by atoms with Gasteiger partial charge >= 0.3 is 0 Å². The van der Waals surface area contributed by atoms with Crippen LogP contribution in [-0.4, -0.2) is 6.04 Å². The second-order valence-electron chi connectivity index (χ2n) is 4.10. The molecule has 0 aliphatic heterocycles. The molecule has 1 aromatic carbocycles. The van der Waals surface area contributed by atoms with Gasteiger partial charge in [0.25, 0.3) is 0 Å². The number of para-hydroxylation sites is 1. The van der Waals surface area contributed by atoms with E-state index in [0.29, 0.717) is 10.8 Å². The summed E-state index contributed by atoms with van der Waals surface area (Å²) in [5, 5.41) is 4.71. The van der Waals surface area contributed by atoms with E-state index in [1.54, 1.807) is 11.3 Å². The second-order valence-corrected chi connectivity index (χ2v) is 5.28. The Morgan fingerprint density at radius 2 is 2.11 bits per heavy atom. The zero-order valence-corrected chi connectivity index (χ0v) is 11.7. The minimum Gasteiger partial charge on any atom is -0.483 e. The van der Waals surface area contributed by atoms with E-state index >= 15 is 0 Å². The molecule has 96 valence electrons. The van der Waals surface area contributed by atoms with Crippen molar-refractivity contribution in [1.29, 1.82) is 0 Å². The molecule has 4 heteroatoms. The van der Waals surface area contributed by atoms with Crippen LogP contribution in [0.1, 0.15) is 25.0 Å². The number of hydrogen-bond acceptors (Lipinski definition) is 3. The highest BCUT2D eigenvalue weighted by molar-refractivity contribution is 7.07. The molecule has 0 aliphatic rings. The average molecular weight is 282 g/mol. The van der Waals surface area contributed by atoms with Crippen LogP contribution in [0.5, 0.6) is 5.75 Å². The lowest BCUT2D eigenvalue weighted by Gasteiger charge is -2.24. The Morgan fingerprint density at radius 3 is 2.72 bits per heavy atom. The van der Waals surface area contributed by atoms with Gasteiger partial charge in [0.2, 0.25) is 0 Å². The molecule has 0 amide bonds. The predicted octanol–water partition coefficient (Wildman–Crippen LogP) is 4.26. The topological polar surface area (TPSA) is 35.2 Å². The summed E-state index contributed by atoms with van der Waals surface area (Å²) < 4.78 is 5.99. The Balaban J connectivity index is 2.24. The van der Waals surface area contributed by atoms with E-state index in [0.717, 1.165) is 12.0 Å². The minimum absolute atomic E-state index is 0.0455. The molecule has 1 heterocycles. The Hall–Kier alpha value is -1.03. The maximum Gasteiger partial charge on any atom is 0.140 e. The lowest BCUT2D eigenvalue weighted by atomic mass is 10.0. The number of rotatable bonds is 5. The largest absolute Gasteiger partial charge is 0.483 e. The molecule has 2 rings (SSSR count). The van der Waals surface area contributed by atoms with Crippen molar-refractivity contribution in [2.75, 3.05) is 0 Å². The first-order valence-corrected chi connectivity index (χ1v) is 7.23. The molecular formula is C14H16ClNOS. The van der Waals surface area contributed by atoms with Crippen LogP contribution in [0.2, 0.25) is 5.02 Å². The summed E-state index contributed by atoms with van der Waals surface area (Å²) in [7, 11) is 0. The fourth-order valence-electron chi connectivity index (χ4n) is 1.73. The van der Waals surface area contributed by atoms with Crippen LogP contribution in [0.3, 0.4) is 0 Å². The third-order valence-corrected chi connectivity index (χ3v) is 3.84. The van der Waals surface area contributed by atoms with Crippen LogP contribution in [0, 0.1) is 0 Å². The van der Waals surface area contributed by atoms with Crippen molar-refractivity contribution in [3.63, 3.8) is 0 Å². The van der Waals surface area contributed by atoms with Gasteiger partial charge in [-0.2, -0.15) is 11.3 Å². The molecule has 1 aromatic heterocycles. The van der Waals surface area contributed by atoms with E-state index < -0.39 is 0 Å². The SMILES string of the molecule is CCC(N)C(Oc1ccccc1Cl)c1ccsc1. The van der Waals surface area contributed by atoms with Crippen molar-refractivity contribution >= 4 is 22.9 Å². The highest BCUT2D eigenvalue weighted by Crippen LogP contribution is 2.31. The molecule has 2 nitrogen and oxygen atoms in total. The summed E-state index contributed by atoms with van der Waals surface area (Å²) in [4.78, 5) is 0. The Morgan fingerprint density at radius 1 is 1.33 bits per heavy atom. The number of hydrogen-bond donors (Lipinski definition) is 1. The van der Waals surface area contributed by atoms with Crippen molar-refractivity contribution in [1.82, 2.24) is 0 Å². The third kappa shape index (κ3) is 3.05. The molecule has 0 saturated carbocycles. The van der Waals surface area contributed by atoms with Gasteiger partial charge in [-0.1, -0.05) is 30.7 Å². The number of thiophene rings is 1. The van der Waals surface area contributed by atoms with Crippen molar-refractivity contribution in [3.05, 3.63) is 51.7 Å². The zero-order chi connectivity index (χ0) is 13.0. The van der Waals surface area contributed by atoms with Crippen LogP contribution < -0.4 is 10.5 Å². The van der Waals surface area contributed by atoms with Gasteiger partial charge in [-0.05, 0) is 35.4 Å². The summed E-state index contributed by atoms with van der Waals surface area (Å²) in [6.07, 6.45) is 0.700. The van der Waals surface area contributed by atoms with E-state index in [9.17, 15) is 0 Å². The van der Waals surface area contributed by atoms with Gasteiger partial charge in [-0.25, -0.2) is 0 Å². The summed E-state index contributed by atoms with van der Waals surface area (Å²) in [5.41, 5.74) is 7.25. The van der Waals surface area contributed by atoms with Gasteiger partial charge in [0.05, 0.1) is 5.02 Å². The molecule has 2 N–H and O–H groups in total. The molecule has 2 unspecified atom stereocenters. The van der Waals surface area contributed by atoms with Crippen LogP contribution in [0.4, 0.5) is 0 Å². The molecule has 0 saturated heterocycles. The maximum absolute atomic E-state index is 6.14. The van der Waals surface area contributed by atoms with E-state index in [1.165, 1.54) is 0 Å². The normalized spacial score (nSPS) is 14.2. The number of ether oxygens (including phenoxy) is 1. The van der Waals surface area contributed by atoms with Gasteiger partial charge in [0.1, 0.15) is 11.9 Å². The number of nitrogens with two attached hydrogens (primary N) is 1. The first-order valence-electron chi connectivity index (χ1n) is 5.91. The second kappa shape index (κ2) is 6.23. The summed E-state index contributed by atoms with van der Waals surface area (Å²) in [5.74, 6) is 0.680. The van der Waals surface area contributed by atoms with Gasteiger partial charge in [-0.15, -0.1) is 0 Å². The highest BCUT2D eigenvalue weighted by atomic mass is 35.5. The van der Waals surface area contributed by atoms with E-state index in [1.807, 2.05) is 35.7 Å². The van der Waals surface area contributed by atoms with Crippen LogP contribution in [0.25, 0.3) is 0 Å². The quantitative estimate of drug-likeness (QED) is 0.889. The fraction of sp³-hybridized carbons (Fsp3) is 0.286. The Labute approximate surface area is 116 Å². The molecule has 2 atom stereocenters. The number of halogens is 1. The fourth-order valence-corrected chi connectivity index (χ4v) is 2.60. The van der Waals surface area contributed by atoms with Gasteiger partial charge < -0.3 is 10.5 Å². The van der Waals surface area contributed by atoms with Gasteiger partial charge in [0, 0.05) is 11.6 Å². The molecule has 2 aromatic rings. The summed E-state index contributed by atoms with van der Waals surface area (Å²) >= 11 is 7.76. The Kier molecular flexibility index (Phi) is 4.64. The first kappa shape index (κ1) is 13.4. The maximum atomic E-state index is 6.14. The molecule has 0 bridgehead atoms. The monoisotopic (exact) mass is 281 g/mol. The van der Waals surface area contributed by atoms with Crippen LogP contribution in [0.15, 0.2) is 41.1 Å². The minimum atomic E-state index is -0.152. The summed E-state index contributed by atoms with van der Waals surface area (Å²) in [6.45, 7) is 2.06. The number of benzene rings is 1. The molecule has 18 heavy (non-hydrogen) atoms.